The Morgan fingerprint density at radius 1 is 1.38 bits per heavy atom. The summed E-state index contributed by atoms with van der Waals surface area (Å²) in [5.74, 6) is -0.132. The zero-order chi connectivity index (χ0) is 11.1. The maximum atomic E-state index is 11.7. The minimum Gasteiger partial charge on any atom is -0.507 e. The van der Waals surface area contributed by atoms with Gasteiger partial charge in [0, 0.05) is 24.2 Å². The van der Waals surface area contributed by atoms with Crippen molar-refractivity contribution in [3.8, 4) is 5.75 Å². The van der Waals surface area contributed by atoms with Gasteiger partial charge in [-0.2, -0.15) is 0 Å². The van der Waals surface area contributed by atoms with Crippen LogP contribution in [0.2, 0.25) is 0 Å². The number of aromatic nitrogens is 1. The predicted molar refractivity (Wildman–Crippen MR) is 60.5 cm³/mol. The van der Waals surface area contributed by atoms with Gasteiger partial charge in [-0.15, -0.1) is 0 Å². The summed E-state index contributed by atoms with van der Waals surface area (Å²) in [7, 11) is 0. The van der Waals surface area contributed by atoms with Crippen molar-refractivity contribution in [2.24, 2.45) is 4.99 Å². The summed E-state index contributed by atoms with van der Waals surface area (Å²) in [4.78, 5) is 20.0. The summed E-state index contributed by atoms with van der Waals surface area (Å²) in [6.07, 6.45) is 3.44. The number of pyridine rings is 1. The number of carbonyl (C=O) groups excluding carboxylic acids is 1. The molecule has 0 atom stereocenters. The zero-order valence-corrected chi connectivity index (χ0v) is 8.34. The van der Waals surface area contributed by atoms with Gasteiger partial charge >= 0.3 is 0 Å². The molecule has 0 spiro atoms. The number of hydrogen-bond acceptors (Lipinski definition) is 4. The Kier molecular flexibility index (Phi) is 1.77. The van der Waals surface area contributed by atoms with Gasteiger partial charge in [0.15, 0.2) is 5.78 Å². The number of nitrogens with zero attached hydrogens (tertiary/aromatic N) is 2. The molecule has 0 bridgehead atoms. The SMILES string of the molecule is O=C1CC=Nc2c1c(O)cc1cccnc21. The number of aromatic hydroxyl groups is 1. The Morgan fingerprint density at radius 2 is 2.25 bits per heavy atom. The van der Waals surface area contributed by atoms with Crippen LogP contribution in [0.1, 0.15) is 16.8 Å². The molecule has 4 nitrogen and oxygen atoms in total. The summed E-state index contributed by atoms with van der Waals surface area (Å²) in [5, 5.41) is 10.6. The molecule has 0 aliphatic carbocycles. The van der Waals surface area contributed by atoms with Gasteiger partial charge in [0.1, 0.15) is 11.4 Å². The lowest BCUT2D eigenvalue weighted by Gasteiger charge is -2.12. The van der Waals surface area contributed by atoms with Crippen LogP contribution in [-0.4, -0.2) is 22.1 Å². The van der Waals surface area contributed by atoms with E-state index in [1.807, 2.05) is 6.07 Å². The van der Waals surface area contributed by atoms with E-state index in [-0.39, 0.29) is 23.5 Å². The highest BCUT2D eigenvalue weighted by molar-refractivity contribution is 6.16. The molecule has 1 aromatic heterocycles. The Bertz CT molecular complexity index is 632. The summed E-state index contributed by atoms with van der Waals surface area (Å²) in [6, 6.07) is 5.17. The molecule has 1 aliphatic rings. The molecule has 2 aromatic rings. The van der Waals surface area contributed by atoms with Crippen LogP contribution < -0.4 is 0 Å². The third-order valence-electron chi connectivity index (χ3n) is 2.62. The number of benzene rings is 1. The monoisotopic (exact) mass is 212 g/mol. The molecule has 0 saturated carbocycles. The molecule has 0 saturated heterocycles. The van der Waals surface area contributed by atoms with Crippen molar-refractivity contribution < 1.29 is 9.90 Å². The number of Topliss-reactive ketones (excluding diaryl/α,β-unsaturated/α-hetero) is 1. The number of aliphatic imine (C=N–C) groups is 1. The van der Waals surface area contributed by atoms with E-state index in [0.717, 1.165) is 5.39 Å². The first-order chi connectivity index (χ1) is 7.77. The summed E-state index contributed by atoms with van der Waals surface area (Å²) >= 11 is 0. The molecule has 16 heavy (non-hydrogen) atoms. The van der Waals surface area contributed by atoms with E-state index in [1.165, 1.54) is 0 Å². The lowest BCUT2D eigenvalue weighted by molar-refractivity contribution is 0.0998. The maximum absolute atomic E-state index is 11.7. The normalized spacial score (nSPS) is 14.1. The van der Waals surface area contributed by atoms with Crippen LogP contribution in [0.3, 0.4) is 0 Å². The summed E-state index contributed by atoms with van der Waals surface area (Å²) in [5.41, 5.74) is 1.42. The van der Waals surface area contributed by atoms with Gasteiger partial charge in [0.2, 0.25) is 0 Å². The van der Waals surface area contributed by atoms with Gasteiger partial charge in [0.05, 0.1) is 11.1 Å². The number of carbonyl (C=O) groups is 1. The smallest absolute Gasteiger partial charge is 0.174 e. The molecule has 0 amide bonds. The van der Waals surface area contributed by atoms with E-state index < -0.39 is 0 Å². The quantitative estimate of drug-likeness (QED) is 0.728. The first kappa shape index (κ1) is 9.03. The number of phenolic OH excluding ortho intramolecular Hbond substituents is 1. The van der Waals surface area contributed by atoms with Gasteiger partial charge in [-0.05, 0) is 12.1 Å². The fraction of sp³-hybridized carbons (Fsp3) is 0.0833. The second kappa shape index (κ2) is 3.13. The number of hydrogen-bond donors (Lipinski definition) is 1. The van der Waals surface area contributed by atoms with E-state index in [4.69, 9.17) is 0 Å². The van der Waals surface area contributed by atoms with Crippen LogP contribution in [0.15, 0.2) is 29.4 Å². The van der Waals surface area contributed by atoms with Crippen LogP contribution in [-0.2, 0) is 0 Å². The average Bonchev–Trinajstić information content (AvgIpc) is 2.29. The minimum absolute atomic E-state index is 0.0163. The third-order valence-corrected chi connectivity index (χ3v) is 2.62. The minimum atomic E-state index is -0.116. The molecule has 1 N–H and O–H groups in total. The number of ketones is 1. The van der Waals surface area contributed by atoms with E-state index in [1.54, 1.807) is 24.5 Å². The molecular weight excluding hydrogens is 204 g/mol. The first-order valence-corrected chi connectivity index (χ1v) is 4.94. The van der Waals surface area contributed by atoms with Crippen molar-refractivity contribution in [3.05, 3.63) is 30.0 Å². The van der Waals surface area contributed by atoms with Crippen molar-refractivity contribution >= 4 is 28.6 Å². The van der Waals surface area contributed by atoms with Crippen molar-refractivity contribution in [2.75, 3.05) is 0 Å². The van der Waals surface area contributed by atoms with Crippen LogP contribution in [0.4, 0.5) is 5.69 Å². The molecular formula is C12H8N2O2. The molecule has 1 aromatic carbocycles. The van der Waals surface area contributed by atoms with Gasteiger partial charge in [0.25, 0.3) is 0 Å². The van der Waals surface area contributed by atoms with E-state index in [2.05, 4.69) is 9.98 Å². The lowest BCUT2D eigenvalue weighted by atomic mass is 10.00. The van der Waals surface area contributed by atoms with E-state index in [9.17, 15) is 9.90 Å². The average molecular weight is 212 g/mol. The molecule has 0 radical (unpaired) electrons. The van der Waals surface area contributed by atoms with Crippen molar-refractivity contribution in [1.82, 2.24) is 4.98 Å². The highest BCUT2D eigenvalue weighted by Crippen LogP contribution is 2.37. The van der Waals surface area contributed by atoms with Crippen molar-refractivity contribution in [1.29, 1.82) is 0 Å². The lowest BCUT2D eigenvalue weighted by Crippen LogP contribution is -2.05. The largest absolute Gasteiger partial charge is 0.507 e. The van der Waals surface area contributed by atoms with E-state index >= 15 is 0 Å². The highest BCUT2D eigenvalue weighted by atomic mass is 16.3. The van der Waals surface area contributed by atoms with Gasteiger partial charge in [-0.3, -0.25) is 14.8 Å². The molecule has 3 rings (SSSR count). The fourth-order valence-electron chi connectivity index (χ4n) is 1.91. The molecule has 2 heterocycles. The third kappa shape index (κ3) is 1.13. The predicted octanol–water partition coefficient (Wildman–Crippen LogP) is 2.23. The number of phenols is 1. The molecule has 78 valence electrons. The van der Waals surface area contributed by atoms with E-state index in [0.29, 0.717) is 11.2 Å². The van der Waals surface area contributed by atoms with Gasteiger partial charge in [-0.25, -0.2) is 0 Å². The molecule has 0 fully saturated rings. The van der Waals surface area contributed by atoms with Crippen LogP contribution in [0, 0.1) is 0 Å². The Balaban J connectivity index is 2.50. The van der Waals surface area contributed by atoms with Crippen molar-refractivity contribution in [2.45, 2.75) is 6.42 Å². The summed E-state index contributed by atoms with van der Waals surface area (Å²) in [6.45, 7) is 0. The number of rotatable bonds is 0. The first-order valence-electron chi connectivity index (χ1n) is 4.94. The van der Waals surface area contributed by atoms with Gasteiger partial charge < -0.3 is 5.11 Å². The van der Waals surface area contributed by atoms with Gasteiger partial charge in [-0.1, -0.05) is 6.07 Å². The number of fused-ring (bicyclic) bond motifs is 3. The standard InChI is InChI=1S/C12H8N2O2/c15-8-3-5-14-12-10(8)9(16)6-7-2-1-4-13-11(7)12/h1-2,4-6,16H,3H2. The van der Waals surface area contributed by atoms with Crippen LogP contribution in [0.5, 0.6) is 5.75 Å². The van der Waals surface area contributed by atoms with Crippen molar-refractivity contribution in [3.63, 3.8) is 0 Å². The molecule has 1 aliphatic heterocycles. The Labute approximate surface area is 91.3 Å². The molecule has 4 heteroatoms. The Hall–Kier alpha value is -2.23. The zero-order valence-electron chi connectivity index (χ0n) is 8.34. The van der Waals surface area contributed by atoms with Crippen LogP contribution >= 0.6 is 0 Å². The molecule has 0 unspecified atom stereocenters. The second-order valence-corrected chi connectivity index (χ2v) is 3.63. The highest BCUT2D eigenvalue weighted by Gasteiger charge is 2.21. The Morgan fingerprint density at radius 3 is 3.12 bits per heavy atom. The summed E-state index contributed by atoms with van der Waals surface area (Å²) < 4.78 is 0. The second-order valence-electron chi connectivity index (χ2n) is 3.63. The topological polar surface area (TPSA) is 62.5 Å². The fourth-order valence-corrected chi connectivity index (χ4v) is 1.91. The van der Waals surface area contributed by atoms with Crippen LogP contribution in [0.25, 0.3) is 10.9 Å². The maximum Gasteiger partial charge on any atom is 0.174 e.